The molecule has 2 aliphatic heterocycles. The third-order valence-corrected chi connectivity index (χ3v) is 3.86. The summed E-state index contributed by atoms with van der Waals surface area (Å²) in [6.45, 7) is 2.35. The lowest BCUT2D eigenvalue weighted by atomic mass is 10.1. The Morgan fingerprint density at radius 3 is 3.06 bits per heavy atom. The van der Waals surface area contributed by atoms with Crippen LogP contribution in [0.5, 0.6) is 0 Å². The number of carbonyl (C=O) groups excluding carboxylic acids is 1. The first-order valence-corrected chi connectivity index (χ1v) is 6.48. The first kappa shape index (κ1) is 11.6. The topological polar surface area (TPSA) is 62.5 Å². The number of carbonyl (C=O) groups is 1. The van der Waals surface area contributed by atoms with Gasteiger partial charge in [0.2, 0.25) is 5.91 Å². The Balaban J connectivity index is 1.80. The minimum absolute atomic E-state index is 0.275. The van der Waals surface area contributed by atoms with Crippen molar-refractivity contribution >= 4 is 29.0 Å². The fraction of sp³-hybridized carbons (Fsp3) is 0.500. The molecule has 0 saturated carbocycles. The van der Waals surface area contributed by atoms with Crippen LogP contribution in [0.2, 0.25) is 5.02 Å². The standard InChI is InChI=1S/C12H15ClN4O/c13-8-5-10(14)12(15-6-8)16-3-4-17-9(7-16)1-2-11(17)18/h5-6,9H,1-4,7,14H2. The zero-order valence-electron chi connectivity index (χ0n) is 9.97. The predicted octanol–water partition coefficient (Wildman–Crippen LogP) is 1.13. The lowest BCUT2D eigenvalue weighted by molar-refractivity contribution is -0.129. The van der Waals surface area contributed by atoms with Crippen LogP contribution in [0, 0.1) is 0 Å². The zero-order chi connectivity index (χ0) is 12.7. The number of aromatic nitrogens is 1. The van der Waals surface area contributed by atoms with Crippen molar-refractivity contribution in [2.75, 3.05) is 30.3 Å². The summed E-state index contributed by atoms with van der Waals surface area (Å²) in [4.78, 5) is 20.0. The van der Waals surface area contributed by atoms with Crippen LogP contribution >= 0.6 is 11.6 Å². The van der Waals surface area contributed by atoms with Gasteiger partial charge in [0.25, 0.3) is 0 Å². The van der Waals surface area contributed by atoms with E-state index in [-0.39, 0.29) is 5.91 Å². The molecule has 2 fully saturated rings. The number of nitrogen functional groups attached to an aromatic ring is 1. The highest BCUT2D eigenvalue weighted by Gasteiger charge is 2.36. The number of fused-ring (bicyclic) bond motifs is 1. The molecule has 96 valence electrons. The Hall–Kier alpha value is -1.49. The van der Waals surface area contributed by atoms with E-state index in [1.165, 1.54) is 0 Å². The molecular weight excluding hydrogens is 252 g/mol. The second kappa shape index (κ2) is 4.31. The molecule has 1 amide bonds. The highest BCUT2D eigenvalue weighted by Crippen LogP contribution is 2.29. The van der Waals surface area contributed by atoms with Crippen LogP contribution in [0.15, 0.2) is 12.3 Å². The van der Waals surface area contributed by atoms with Gasteiger partial charge >= 0.3 is 0 Å². The minimum atomic E-state index is 0.275. The van der Waals surface area contributed by atoms with Gasteiger partial charge in [-0.3, -0.25) is 4.79 Å². The molecule has 5 nitrogen and oxygen atoms in total. The number of nitrogens with zero attached hydrogens (tertiary/aromatic N) is 3. The van der Waals surface area contributed by atoms with Crippen LogP contribution in [0.3, 0.4) is 0 Å². The number of piperazine rings is 1. The van der Waals surface area contributed by atoms with Gasteiger partial charge in [0.15, 0.2) is 5.82 Å². The van der Waals surface area contributed by atoms with Crippen LogP contribution in [0.25, 0.3) is 0 Å². The van der Waals surface area contributed by atoms with E-state index in [0.29, 0.717) is 23.2 Å². The number of hydrogen-bond donors (Lipinski definition) is 1. The summed E-state index contributed by atoms with van der Waals surface area (Å²) >= 11 is 5.85. The smallest absolute Gasteiger partial charge is 0.223 e. The van der Waals surface area contributed by atoms with E-state index in [9.17, 15) is 4.79 Å². The molecule has 2 aliphatic rings. The Morgan fingerprint density at radius 2 is 2.28 bits per heavy atom. The van der Waals surface area contributed by atoms with Gasteiger partial charge in [0.05, 0.1) is 10.7 Å². The molecule has 0 spiro atoms. The molecule has 1 aromatic rings. The van der Waals surface area contributed by atoms with Crippen molar-refractivity contribution in [3.63, 3.8) is 0 Å². The van der Waals surface area contributed by atoms with Gasteiger partial charge in [-0.05, 0) is 12.5 Å². The largest absolute Gasteiger partial charge is 0.396 e. The van der Waals surface area contributed by atoms with E-state index in [1.54, 1.807) is 12.3 Å². The van der Waals surface area contributed by atoms with Crippen molar-refractivity contribution in [3.05, 3.63) is 17.3 Å². The normalized spacial score (nSPS) is 23.4. The van der Waals surface area contributed by atoms with E-state index in [1.807, 2.05) is 4.90 Å². The van der Waals surface area contributed by atoms with Gasteiger partial charge in [-0.25, -0.2) is 4.98 Å². The van der Waals surface area contributed by atoms with Crippen LogP contribution in [-0.4, -0.2) is 41.5 Å². The van der Waals surface area contributed by atoms with Crippen LogP contribution in [-0.2, 0) is 4.79 Å². The summed E-state index contributed by atoms with van der Waals surface area (Å²) in [5.74, 6) is 1.05. The predicted molar refractivity (Wildman–Crippen MR) is 70.6 cm³/mol. The summed E-state index contributed by atoms with van der Waals surface area (Å²) in [6, 6.07) is 2.03. The van der Waals surface area contributed by atoms with Gasteiger partial charge in [0.1, 0.15) is 0 Å². The number of pyridine rings is 1. The Morgan fingerprint density at radius 1 is 1.44 bits per heavy atom. The van der Waals surface area contributed by atoms with Crippen molar-refractivity contribution < 1.29 is 4.79 Å². The molecule has 1 unspecified atom stereocenters. The summed E-state index contributed by atoms with van der Waals surface area (Å²) in [5.41, 5.74) is 6.55. The molecule has 1 aromatic heterocycles. The van der Waals surface area contributed by atoms with E-state index in [2.05, 4.69) is 9.88 Å². The summed E-state index contributed by atoms with van der Waals surface area (Å²) in [6.07, 6.45) is 3.21. The molecule has 0 bridgehead atoms. The molecule has 1 atom stereocenters. The maximum Gasteiger partial charge on any atom is 0.223 e. The molecule has 3 rings (SSSR count). The summed E-state index contributed by atoms with van der Waals surface area (Å²) in [7, 11) is 0. The average Bonchev–Trinajstić information content (AvgIpc) is 2.71. The Labute approximate surface area is 111 Å². The van der Waals surface area contributed by atoms with Crippen molar-refractivity contribution in [1.82, 2.24) is 9.88 Å². The van der Waals surface area contributed by atoms with Gasteiger partial charge < -0.3 is 15.5 Å². The van der Waals surface area contributed by atoms with E-state index < -0.39 is 0 Å². The molecule has 0 aromatic carbocycles. The second-order valence-electron chi connectivity index (χ2n) is 4.79. The lowest BCUT2D eigenvalue weighted by Gasteiger charge is -2.38. The van der Waals surface area contributed by atoms with Gasteiger partial charge in [-0.15, -0.1) is 0 Å². The van der Waals surface area contributed by atoms with Gasteiger partial charge in [-0.2, -0.15) is 0 Å². The van der Waals surface area contributed by atoms with E-state index in [0.717, 1.165) is 31.9 Å². The monoisotopic (exact) mass is 266 g/mol. The molecule has 2 saturated heterocycles. The fourth-order valence-electron chi connectivity index (χ4n) is 2.77. The number of nitrogens with two attached hydrogens (primary N) is 1. The number of amides is 1. The van der Waals surface area contributed by atoms with Crippen LogP contribution in [0.1, 0.15) is 12.8 Å². The zero-order valence-corrected chi connectivity index (χ0v) is 10.7. The summed E-state index contributed by atoms with van der Waals surface area (Å²) in [5, 5.41) is 0.547. The number of rotatable bonds is 1. The first-order chi connectivity index (χ1) is 8.65. The average molecular weight is 267 g/mol. The lowest BCUT2D eigenvalue weighted by Crippen LogP contribution is -2.51. The van der Waals surface area contributed by atoms with E-state index >= 15 is 0 Å². The van der Waals surface area contributed by atoms with Crippen LogP contribution in [0.4, 0.5) is 11.5 Å². The Kier molecular flexibility index (Phi) is 2.78. The first-order valence-electron chi connectivity index (χ1n) is 6.10. The summed E-state index contributed by atoms with van der Waals surface area (Å²) < 4.78 is 0. The molecule has 18 heavy (non-hydrogen) atoms. The van der Waals surface area contributed by atoms with Gasteiger partial charge in [0, 0.05) is 38.3 Å². The van der Waals surface area contributed by atoms with Crippen LogP contribution < -0.4 is 10.6 Å². The van der Waals surface area contributed by atoms with Crippen molar-refractivity contribution in [2.24, 2.45) is 0 Å². The maximum atomic E-state index is 11.6. The van der Waals surface area contributed by atoms with Crippen molar-refractivity contribution in [1.29, 1.82) is 0 Å². The number of halogens is 1. The quantitative estimate of drug-likeness (QED) is 0.828. The van der Waals surface area contributed by atoms with Crippen molar-refractivity contribution in [2.45, 2.75) is 18.9 Å². The molecule has 0 radical (unpaired) electrons. The highest BCUT2D eigenvalue weighted by atomic mass is 35.5. The molecule has 3 heterocycles. The Bertz CT molecular complexity index is 493. The molecule has 0 aliphatic carbocycles. The number of hydrogen-bond acceptors (Lipinski definition) is 4. The number of anilines is 2. The van der Waals surface area contributed by atoms with Gasteiger partial charge in [-0.1, -0.05) is 11.6 Å². The molecule has 6 heteroatoms. The second-order valence-corrected chi connectivity index (χ2v) is 5.23. The SMILES string of the molecule is Nc1cc(Cl)cnc1N1CCN2C(=O)CCC2C1. The maximum absolute atomic E-state index is 11.6. The third kappa shape index (κ3) is 1.88. The fourth-order valence-corrected chi connectivity index (χ4v) is 2.94. The third-order valence-electron chi connectivity index (χ3n) is 3.66. The minimum Gasteiger partial charge on any atom is -0.396 e. The molecule has 2 N–H and O–H groups in total. The highest BCUT2D eigenvalue weighted by molar-refractivity contribution is 6.30. The van der Waals surface area contributed by atoms with E-state index in [4.69, 9.17) is 17.3 Å². The van der Waals surface area contributed by atoms with Crippen molar-refractivity contribution in [3.8, 4) is 0 Å². The molecular formula is C12H15ClN4O.